The highest BCUT2D eigenvalue weighted by molar-refractivity contribution is 7.80. The van der Waals surface area contributed by atoms with E-state index in [9.17, 15) is 14.7 Å². The Morgan fingerprint density at radius 2 is 1.88 bits per heavy atom. The summed E-state index contributed by atoms with van der Waals surface area (Å²) in [6.45, 7) is 4.61. The first kappa shape index (κ1) is 24.8. The second-order valence-electron chi connectivity index (χ2n) is 10.0. The van der Waals surface area contributed by atoms with Crippen molar-refractivity contribution in [1.29, 1.82) is 0 Å². The summed E-state index contributed by atoms with van der Waals surface area (Å²) < 4.78 is 0. The molecule has 0 aromatic heterocycles. The number of rotatable bonds is 10. The third-order valence-corrected chi connectivity index (χ3v) is 7.17. The van der Waals surface area contributed by atoms with Crippen molar-refractivity contribution >= 4 is 29.0 Å². The van der Waals surface area contributed by atoms with E-state index in [4.69, 9.17) is 12.2 Å². The molecule has 3 rings (SSSR count). The highest BCUT2D eigenvalue weighted by atomic mass is 32.1. The number of benzene rings is 1. The average Bonchev–Trinajstić information content (AvgIpc) is 2.98. The fraction of sp³-hybridized carbons (Fsp3) is 0.654. The van der Waals surface area contributed by atoms with Crippen LogP contribution in [0.15, 0.2) is 30.3 Å². The number of aliphatic hydroxyl groups is 1. The van der Waals surface area contributed by atoms with Crippen molar-refractivity contribution in [3.8, 4) is 0 Å². The van der Waals surface area contributed by atoms with Gasteiger partial charge in [-0.1, -0.05) is 88.5 Å². The molecule has 2 aliphatic rings. The fourth-order valence-electron chi connectivity index (χ4n) is 5.23. The minimum atomic E-state index is -1.60. The zero-order valence-corrected chi connectivity index (χ0v) is 20.3. The van der Waals surface area contributed by atoms with Crippen LogP contribution in [0.25, 0.3) is 0 Å². The summed E-state index contributed by atoms with van der Waals surface area (Å²) in [5, 5.41) is 14.3. The van der Waals surface area contributed by atoms with Gasteiger partial charge >= 0.3 is 0 Å². The molecule has 2 amide bonds. The normalized spacial score (nSPS) is 23.1. The van der Waals surface area contributed by atoms with Crippen LogP contribution in [0.5, 0.6) is 0 Å². The summed E-state index contributed by atoms with van der Waals surface area (Å²) in [5.74, 6) is -0.188. The Kier molecular flexibility index (Phi) is 8.83. The van der Waals surface area contributed by atoms with Crippen molar-refractivity contribution < 1.29 is 14.7 Å². The molecule has 1 aromatic rings. The van der Waals surface area contributed by atoms with Crippen LogP contribution < -0.4 is 5.32 Å². The Balaban J connectivity index is 1.67. The molecule has 32 heavy (non-hydrogen) atoms. The van der Waals surface area contributed by atoms with Gasteiger partial charge in [0.05, 0.1) is 17.5 Å². The zero-order chi connectivity index (χ0) is 23.1. The standard InChI is InChI=1S/C26H38N2O3S/c1-19(2)17-26(31)18-23(29)28(25(26)30)22(16-21-12-7-4-8-13-21)24(32)27-15-9-14-20-10-5-3-6-11-20/h3,5-6,10-11,19,21-22,31H,4,7-9,12-18H2,1-2H3,(H,27,32)/t22-,26+/m0/s1. The molecular formula is C26H38N2O3S. The summed E-state index contributed by atoms with van der Waals surface area (Å²) in [4.78, 5) is 28.0. The van der Waals surface area contributed by atoms with E-state index in [2.05, 4.69) is 17.4 Å². The van der Waals surface area contributed by atoms with Gasteiger partial charge in [0.2, 0.25) is 5.91 Å². The Morgan fingerprint density at radius 1 is 1.19 bits per heavy atom. The summed E-state index contributed by atoms with van der Waals surface area (Å²) in [6, 6.07) is 9.85. The maximum Gasteiger partial charge on any atom is 0.262 e. The van der Waals surface area contributed by atoms with E-state index >= 15 is 0 Å². The van der Waals surface area contributed by atoms with Crippen LogP contribution in [-0.2, 0) is 16.0 Å². The number of carbonyl (C=O) groups excluding carboxylic acids is 2. The Labute approximate surface area is 198 Å². The van der Waals surface area contributed by atoms with Crippen molar-refractivity contribution in [3.05, 3.63) is 35.9 Å². The molecule has 1 saturated carbocycles. The second kappa shape index (κ2) is 11.4. The van der Waals surface area contributed by atoms with Crippen LogP contribution in [0, 0.1) is 11.8 Å². The van der Waals surface area contributed by atoms with E-state index in [1.54, 1.807) is 0 Å². The van der Waals surface area contributed by atoms with Crippen molar-refractivity contribution in [2.24, 2.45) is 11.8 Å². The predicted molar refractivity (Wildman–Crippen MR) is 131 cm³/mol. The van der Waals surface area contributed by atoms with E-state index in [0.29, 0.717) is 30.3 Å². The Hall–Kier alpha value is -1.79. The zero-order valence-electron chi connectivity index (χ0n) is 19.5. The SMILES string of the molecule is CC(C)C[C@@]1(O)CC(=O)N([C@@H](CC2CCCCC2)C(=S)NCCCc2ccccc2)C1=O. The predicted octanol–water partition coefficient (Wildman–Crippen LogP) is 4.41. The first-order chi connectivity index (χ1) is 15.3. The molecule has 0 spiro atoms. The van der Waals surface area contributed by atoms with E-state index in [1.165, 1.54) is 29.7 Å². The number of amides is 2. The minimum Gasteiger partial charge on any atom is -0.379 e. The summed E-state index contributed by atoms with van der Waals surface area (Å²) in [6.07, 6.45) is 8.56. The largest absolute Gasteiger partial charge is 0.379 e. The first-order valence-electron chi connectivity index (χ1n) is 12.2. The molecule has 2 fully saturated rings. The van der Waals surface area contributed by atoms with Crippen LogP contribution in [-0.4, -0.2) is 45.0 Å². The summed E-state index contributed by atoms with van der Waals surface area (Å²) >= 11 is 5.74. The lowest BCUT2D eigenvalue weighted by Crippen LogP contribution is -2.52. The van der Waals surface area contributed by atoms with Gasteiger partial charge < -0.3 is 10.4 Å². The third kappa shape index (κ3) is 6.38. The lowest BCUT2D eigenvalue weighted by molar-refractivity contribution is -0.148. The second-order valence-corrected chi connectivity index (χ2v) is 10.5. The van der Waals surface area contributed by atoms with E-state index < -0.39 is 17.6 Å². The van der Waals surface area contributed by atoms with Crippen LogP contribution in [0.4, 0.5) is 0 Å². The maximum atomic E-state index is 13.2. The van der Waals surface area contributed by atoms with Gasteiger partial charge in [0, 0.05) is 6.54 Å². The Morgan fingerprint density at radius 3 is 2.53 bits per heavy atom. The number of likely N-dealkylation sites (tertiary alicyclic amines) is 1. The Bertz CT molecular complexity index is 792. The van der Waals surface area contributed by atoms with Gasteiger partial charge in [0.15, 0.2) is 5.60 Å². The van der Waals surface area contributed by atoms with Crippen molar-refractivity contribution in [1.82, 2.24) is 10.2 Å². The molecule has 1 aliphatic heterocycles. The van der Waals surface area contributed by atoms with Gasteiger partial charge in [0.25, 0.3) is 5.91 Å². The van der Waals surface area contributed by atoms with Gasteiger partial charge in [0.1, 0.15) is 0 Å². The number of nitrogens with zero attached hydrogens (tertiary/aromatic N) is 1. The van der Waals surface area contributed by atoms with Gasteiger partial charge in [-0.2, -0.15) is 0 Å². The number of aryl methyl sites for hydroxylation is 1. The van der Waals surface area contributed by atoms with E-state index in [0.717, 1.165) is 25.7 Å². The highest BCUT2D eigenvalue weighted by Crippen LogP contribution is 2.35. The topological polar surface area (TPSA) is 69.6 Å². The fourth-order valence-corrected chi connectivity index (χ4v) is 5.54. The molecule has 0 unspecified atom stereocenters. The van der Waals surface area contributed by atoms with E-state index in [1.807, 2.05) is 32.0 Å². The van der Waals surface area contributed by atoms with Gasteiger partial charge in [-0.25, -0.2) is 0 Å². The molecule has 1 saturated heterocycles. The molecule has 1 aliphatic carbocycles. The molecule has 0 bridgehead atoms. The van der Waals surface area contributed by atoms with Crippen molar-refractivity contribution in [3.63, 3.8) is 0 Å². The molecule has 0 radical (unpaired) electrons. The van der Waals surface area contributed by atoms with Crippen molar-refractivity contribution in [2.45, 2.75) is 89.7 Å². The molecule has 5 nitrogen and oxygen atoms in total. The molecule has 2 N–H and O–H groups in total. The van der Waals surface area contributed by atoms with Crippen LogP contribution in [0.3, 0.4) is 0 Å². The minimum absolute atomic E-state index is 0.122. The maximum absolute atomic E-state index is 13.2. The van der Waals surface area contributed by atoms with Gasteiger partial charge in [-0.05, 0) is 43.1 Å². The molecule has 1 heterocycles. The summed E-state index contributed by atoms with van der Waals surface area (Å²) in [7, 11) is 0. The lowest BCUT2D eigenvalue weighted by Gasteiger charge is -2.33. The highest BCUT2D eigenvalue weighted by Gasteiger charge is 2.53. The third-order valence-electron chi connectivity index (χ3n) is 6.76. The van der Waals surface area contributed by atoms with Gasteiger partial charge in [-0.15, -0.1) is 0 Å². The van der Waals surface area contributed by atoms with Crippen LogP contribution in [0.2, 0.25) is 0 Å². The number of nitrogens with one attached hydrogen (secondary N) is 1. The molecular weight excluding hydrogens is 420 g/mol. The molecule has 2 atom stereocenters. The smallest absolute Gasteiger partial charge is 0.262 e. The number of hydrogen-bond donors (Lipinski definition) is 2. The monoisotopic (exact) mass is 458 g/mol. The quantitative estimate of drug-likeness (QED) is 0.309. The lowest BCUT2D eigenvalue weighted by atomic mass is 9.84. The van der Waals surface area contributed by atoms with Crippen LogP contribution >= 0.6 is 12.2 Å². The number of thiocarbonyl (C=S) groups is 1. The molecule has 176 valence electrons. The number of imide groups is 1. The molecule has 1 aromatic carbocycles. The number of carbonyl (C=O) groups is 2. The van der Waals surface area contributed by atoms with Crippen molar-refractivity contribution in [2.75, 3.05) is 6.54 Å². The first-order valence-corrected chi connectivity index (χ1v) is 12.6. The average molecular weight is 459 g/mol. The summed E-state index contributed by atoms with van der Waals surface area (Å²) in [5.41, 5.74) is -0.318. The molecule has 6 heteroatoms. The van der Waals surface area contributed by atoms with E-state index in [-0.39, 0.29) is 18.2 Å². The number of hydrogen-bond acceptors (Lipinski definition) is 4. The van der Waals surface area contributed by atoms with Gasteiger partial charge in [-0.3, -0.25) is 14.5 Å². The van der Waals surface area contributed by atoms with Crippen LogP contribution in [0.1, 0.15) is 77.2 Å².